The molecule has 104 valence electrons. The van der Waals surface area contributed by atoms with Gasteiger partial charge in [0, 0.05) is 12.7 Å². The molecule has 1 aromatic carbocycles. The van der Waals surface area contributed by atoms with Crippen LogP contribution in [0, 0.1) is 18.3 Å². The summed E-state index contributed by atoms with van der Waals surface area (Å²) in [5, 5.41) is 16.6. The Labute approximate surface area is 120 Å². The minimum absolute atomic E-state index is 0.0615. The Morgan fingerprint density at radius 1 is 1.40 bits per heavy atom. The zero-order valence-electron chi connectivity index (χ0n) is 10.6. The van der Waals surface area contributed by atoms with Gasteiger partial charge in [-0.15, -0.1) is 10.2 Å². The number of aromatic nitrogens is 2. The monoisotopic (exact) mass is 309 g/mol. The van der Waals surface area contributed by atoms with E-state index in [1.807, 2.05) is 6.07 Å². The van der Waals surface area contributed by atoms with Crippen LogP contribution in [0.3, 0.4) is 0 Å². The van der Waals surface area contributed by atoms with Crippen molar-refractivity contribution in [3.8, 4) is 6.07 Å². The van der Waals surface area contributed by atoms with Crippen LogP contribution in [0.1, 0.15) is 11.5 Å². The van der Waals surface area contributed by atoms with Gasteiger partial charge >= 0.3 is 0 Å². The van der Waals surface area contributed by atoms with E-state index >= 15 is 0 Å². The maximum Gasteiger partial charge on any atom is 0.276 e. The molecule has 0 saturated carbocycles. The highest BCUT2D eigenvalue weighted by molar-refractivity contribution is 8.00. The van der Waals surface area contributed by atoms with E-state index in [9.17, 15) is 8.42 Å². The summed E-state index contributed by atoms with van der Waals surface area (Å²) in [6.45, 7) is 1.67. The summed E-state index contributed by atoms with van der Waals surface area (Å²) in [5.74, 6) is 0.687. The first-order valence-electron chi connectivity index (χ1n) is 5.67. The summed E-state index contributed by atoms with van der Waals surface area (Å²) in [5.41, 5.74) is 0.325. The van der Waals surface area contributed by atoms with Gasteiger partial charge in [0.25, 0.3) is 5.22 Å². The van der Waals surface area contributed by atoms with Crippen LogP contribution < -0.4 is 0 Å². The van der Waals surface area contributed by atoms with E-state index in [2.05, 4.69) is 10.2 Å². The van der Waals surface area contributed by atoms with Crippen LogP contribution >= 0.6 is 11.8 Å². The fraction of sp³-hybridized carbons (Fsp3) is 0.250. The number of hydrogen-bond acceptors (Lipinski definition) is 7. The molecule has 0 spiro atoms. The number of sulfone groups is 1. The van der Waals surface area contributed by atoms with Crippen LogP contribution in [0.4, 0.5) is 0 Å². The lowest BCUT2D eigenvalue weighted by atomic mass is 10.2. The van der Waals surface area contributed by atoms with Crippen LogP contribution in [0.15, 0.2) is 38.8 Å². The first kappa shape index (κ1) is 14.6. The van der Waals surface area contributed by atoms with Crippen molar-refractivity contribution in [1.29, 1.82) is 5.26 Å². The number of benzene rings is 1. The van der Waals surface area contributed by atoms with Crippen molar-refractivity contribution in [1.82, 2.24) is 10.2 Å². The Morgan fingerprint density at radius 3 is 2.85 bits per heavy atom. The predicted molar refractivity (Wildman–Crippen MR) is 73.0 cm³/mol. The molecule has 0 atom stereocenters. The smallest absolute Gasteiger partial charge is 0.276 e. The Bertz CT molecular complexity index is 747. The fourth-order valence-electron chi connectivity index (χ4n) is 1.45. The maximum atomic E-state index is 12.1. The van der Waals surface area contributed by atoms with Gasteiger partial charge in [0.15, 0.2) is 9.84 Å². The number of nitrogens with zero attached hydrogens (tertiary/aromatic N) is 3. The lowest BCUT2D eigenvalue weighted by Gasteiger charge is -2.03. The molecule has 0 aliphatic rings. The lowest BCUT2D eigenvalue weighted by molar-refractivity contribution is 0.429. The summed E-state index contributed by atoms with van der Waals surface area (Å²) in [7, 11) is -3.42. The first-order valence-corrected chi connectivity index (χ1v) is 8.31. The van der Waals surface area contributed by atoms with E-state index in [0.29, 0.717) is 22.4 Å². The van der Waals surface area contributed by atoms with Gasteiger partial charge in [0.05, 0.1) is 22.3 Å². The molecular weight excluding hydrogens is 298 g/mol. The van der Waals surface area contributed by atoms with Crippen LogP contribution in [-0.4, -0.2) is 30.1 Å². The van der Waals surface area contributed by atoms with Gasteiger partial charge in [0.2, 0.25) is 5.89 Å². The topological polar surface area (TPSA) is 96.9 Å². The van der Waals surface area contributed by atoms with E-state index < -0.39 is 9.84 Å². The minimum Gasteiger partial charge on any atom is -0.416 e. The molecule has 0 aliphatic carbocycles. The highest BCUT2D eigenvalue weighted by atomic mass is 32.2. The summed E-state index contributed by atoms with van der Waals surface area (Å²) in [6.07, 6.45) is 0. The molecule has 0 radical (unpaired) electrons. The summed E-state index contributed by atoms with van der Waals surface area (Å²) < 4.78 is 29.4. The summed E-state index contributed by atoms with van der Waals surface area (Å²) >= 11 is 1.19. The molecule has 0 fully saturated rings. The molecule has 2 rings (SSSR count). The van der Waals surface area contributed by atoms with Crippen LogP contribution in [0.25, 0.3) is 0 Å². The van der Waals surface area contributed by atoms with Crippen LogP contribution in [0.2, 0.25) is 0 Å². The molecule has 0 unspecified atom stereocenters. The van der Waals surface area contributed by atoms with Crippen molar-refractivity contribution in [2.24, 2.45) is 0 Å². The molecule has 0 bridgehead atoms. The van der Waals surface area contributed by atoms with Crippen molar-refractivity contribution >= 4 is 21.6 Å². The predicted octanol–water partition coefficient (Wildman–Crippen LogP) is 1.82. The normalized spacial score (nSPS) is 11.2. The third-order valence-corrected chi connectivity index (χ3v) is 5.20. The number of hydrogen-bond donors (Lipinski definition) is 0. The second kappa shape index (κ2) is 6.07. The van der Waals surface area contributed by atoms with E-state index in [0.717, 1.165) is 0 Å². The highest BCUT2D eigenvalue weighted by Gasteiger charge is 2.15. The Balaban J connectivity index is 2.02. The van der Waals surface area contributed by atoms with Gasteiger partial charge in [-0.1, -0.05) is 17.8 Å². The zero-order chi connectivity index (χ0) is 14.6. The van der Waals surface area contributed by atoms with E-state index in [1.165, 1.54) is 23.9 Å². The van der Waals surface area contributed by atoms with Crippen LogP contribution in [-0.2, 0) is 9.84 Å². The molecule has 8 heteroatoms. The van der Waals surface area contributed by atoms with Crippen molar-refractivity contribution in [3.05, 3.63) is 35.7 Å². The summed E-state index contributed by atoms with van der Waals surface area (Å²) in [4.78, 5) is 0.152. The third-order valence-electron chi connectivity index (χ3n) is 2.41. The van der Waals surface area contributed by atoms with Gasteiger partial charge in [-0.3, -0.25) is 0 Å². The van der Waals surface area contributed by atoms with E-state index in [4.69, 9.17) is 9.68 Å². The quantitative estimate of drug-likeness (QED) is 0.777. The van der Waals surface area contributed by atoms with Gasteiger partial charge in [-0.2, -0.15) is 5.26 Å². The third kappa shape index (κ3) is 3.59. The van der Waals surface area contributed by atoms with Crippen molar-refractivity contribution < 1.29 is 12.8 Å². The van der Waals surface area contributed by atoms with Gasteiger partial charge in [0.1, 0.15) is 0 Å². The molecular formula is C12H11N3O3S2. The van der Waals surface area contributed by atoms with E-state index in [-0.39, 0.29) is 10.6 Å². The van der Waals surface area contributed by atoms with Gasteiger partial charge in [-0.25, -0.2) is 8.42 Å². The number of aryl methyl sites for hydroxylation is 1. The molecule has 0 saturated heterocycles. The zero-order valence-corrected chi connectivity index (χ0v) is 12.2. The number of nitriles is 1. The average molecular weight is 309 g/mol. The highest BCUT2D eigenvalue weighted by Crippen LogP contribution is 2.19. The number of thioether (sulfide) groups is 1. The van der Waals surface area contributed by atoms with Crippen LogP contribution in [0.5, 0.6) is 0 Å². The summed E-state index contributed by atoms with van der Waals surface area (Å²) in [6, 6.07) is 7.90. The second-order valence-electron chi connectivity index (χ2n) is 3.89. The fourth-order valence-corrected chi connectivity index (χ4v) is 3.94. The molecule has 1 heterocycles. The second-order valence-corrected chi connectivity index (χ2v) is 7.05. The maximum absolute atomic E-state index is 12.1. The molecule has 0 amide bonds. The largest absolute Gasteiger partial charge is 0.416 e. The number of rotatable bonds is 5. The Hall–Kier alpha value is -1.85. The molecule has 0 aliphatic heterocycles. The minimum atomic E-state index is -3.42. The van der Waals surface area contributed by atoms with Gasteiger partial charge in [-0.05, 0) is 18.2 Å². The molecule has 0 N–H and O–H groups in total. The van der Waals surface area contributed by atoms with Crippen molar-refractivity contribution in [3.63, 3.8) is 0 Å². The molecule has 1 aromatic heterocycles. The Kier molecular flexibility index (Phi) is 4.42. The van der Waals surface area contributed by atoms with Gasteiger partial charge < -0.3 is 4.42 Å². The van der Waals surface area contributed by atoms with E-state index in [1.54, 1.807) is 19.1 Å². The van der Waals surface area contributed by atoms with Crippen molar-refractivity contribution in [2.45, 2.75) is 17.0 Å². The molecule has 2 aromatic rings. The molecule has 6 nitrogen and oxygen atoms in total. The average Bonchev–Trinajstić information content (AvgIpc) is 2.84. The molecule has 20 heavy (non-hydrogen) atoms. The SMILES string of the molecule is Cc1nnc(SCCS(=O)(=O)c2cccc(C#N)c2)o1. The Morgan fingerprint density at radius 2 is 2.20 bits per heavy atom. The first-order chi connectivity index (χ1) is 9.51. The van der Waals surface area contributed by atoms with Crippen molar-refractivity contribution in [2.75, 3.05) is 11.5 Å². The standard InChI is InChI=1S/C12H11N3O3S2/c1-9-14-15-12(18-9)19-5-6-20(16,17)11-4-2-3-10(7-11)8-13/h2-4,7H,5-6H2,1H3. The lowest BCUT2D eigenvalue weighted by Crippen LogP contribution is -2.09.